The van der Waals surface area contributed by atoms with Gasteiger partial charge in [0.25, 0.3) is 5.56 Å². The molecule has 1 aliphatic heterocycles. The lowest BCUT2D eigenvalue weighted by Gasteiger charge is -2.23. The van der Waals surface area contributed by atoms with Crippen molar-refractivity contribution in [2.45, 2.75) is 39.7 Å². The van der Waals surface area contributed by atoms with Gasteiger partial charge in [-0.15, -0.1) is 6.42 Å². The Labute approximate surface area is 191 Å². The number of rotatable bonds is 7. The average molecular weight is 453 g/mol. The molecular weight excluding hydrogens is 426 g/mol. The third-order valence-electron chi connectivity index (χ3n) is 5.24. The van der Waals surface area contributed by atoms with E-state index < -0.39 is 17.2 Å². The van der Waals surface area contributed by atoms with Crippen molar-refractivity contribution in [3.63, 3.8) is 0 Å². The van der Waals surface area contributed by atoms with Crippen LogP contribution < -0.4 is 15.6 Å². The van der Waals surface area contributed by atoms with E-state index in [4.69, 9.17) is 11.2 Å². The highest BCUT2D eigenvalue weighted by atomic mass is 19.1. The topological polar surface area (TPSA) is 69.0 Å². The molecule has 33 heavy (non-hydrogen) atoms. The first kappa shape index (κ1) is 23.9. The van der Waals surface area contributed by atoms with Crippen LogP contribution in [0.2, 0.25) is 0 Å². The van der Waals surface area contributed by atoms with Crippen LogP contribution in [0.15, 0.2) is 52.6 Å². The first-order chi connectivity index (χ1) is 15.6. The summed E-state index contributed by atoms with van der Waals surface area (Å²) < 4.78 is 34.7. The summed E-state index contributed by atoms with van der Waals surface area (Å²) in [6.07, 6.45) is 10.1. The number of hydrogen-bond donors (Lipinski definition) is 1. The van der Waals surface area contributed by atoms with Crippen molar-refractivity contribution >= 4 is 11.6 Å². The van der Waals surface area contributed by atoms with Crippen molar-refractivity contribution in [2.75, 3.05) is 12.4 Å². The molecule has 0 radical (unpaired) electrons. The Morgan fingerprint density at radius 3 is 2.76 bits per heavy atom. The number of methoxy groups -OCH3 is 1. The van der Waals surface area contributed by atoms with E-state index in [0.29, 0.717) is 29.8 Å². The molecule has 6 nitrogen and oxygen atoms in total. The summed E-state index contributed by atoms with van der Waals surface area (Å²) in [6.45, 7) is 8.97. The van der Waals surface area contributed by atoms with Gasteiger partial charge < -0.3 is 14.6 Å². The summed E-state index contributed by atoms with van der Waals surface area (Å²) in [6, 6.07) is 2.39. The fourth-order valence-corrected chi connectivity index (χ4v) is 3.93. The molecule has 1 unspecified atom stereocenters. The van der Waals surface area contributed by atoms with Gasteiger partial charge in [0.2, 0.25) is 11.8 Å². The van der Waals surface area contributed by atoms with Gasteiger partial charge in [-0.2, -0.15) is 4.98 Å². The highest BCUT2D eigenvalue weighted by Gasteiger charge is 2.30. The smallest absolute Gasteiger partial charge is 0.274 e. The van der Waals surface area contributed by atoms with E-state index in [-0.39, 0.29) is 23.8 Å². The second kappa shape index (κ2) is 9.82. The molecule has 0 amide bonds. The third kappa shape index (κ3) is 5.20. The highest BCUT2D eigenvalue weighted by molar-refractivity contribution is 5.59. The molecule has 3 rings (SSSR count). The number of aromatic nitrogens is 3. The van der Waals surface area contributed by atoms with Crippen LogP contribution in [0.3, 0.4) is 0 Å². The molecule has 0 bridgehead atoms. The van der Waals surface area contributed by atoms with Crippen molar-refractivity contribution in [1.29, 1.82) is 0 Å². The molecule has 0 aliphatic carbocycles. The van der Waals surface area contributed by atoms with Crippen molar-refractivity contribution in [1.82, 2.24) is 14.5 Å². The third-order valence-corrected chi connectivity index (χ3v) is 5.24. The molecule has 0 spiro atoms. The van der Waals surface area contributed by atoms with E-state index in [0.717, 1.165) is 11.3 Å². The molecule has 0 aromatic carbocycles. The number of allylic oxidation sites excluding steroid dienone is 5. The number of fused-ring (bicyclic) bond motifs is 1. The molecule has 172 valence electrons. The first-order valence-corrected chi connectivity index (χ1v) is 10.5. The van der Waals surface area contributed by atoms with Gasteiger partial charge in [0.05, 0.1) is 24.5 Å². The van der Waals surface area contributed by atoms with E-state index >= 15 is 0 Å². The first-order valence-electron chi connectivity index (χ1n) is 10.5. The Bertz CT molecular complexity index is 1250. The van der Waals surface area contributed by atoms with Crippen LogP contribution in [0.4, 0.5) is 20.4 Å². The molecule has 8 heteroatoms. The maximum atomic E-state index is 14.3. The number of ether oxygens (including phenoxy) is 1. The second-order valence-electron chi connectivity index (χ2n) is 8.09. The SMILES string of the molecule is C#CC(=C/C(=C)F)/C(=C\C(C)C)C1CCc2cc(=O)nc(Nc3cc(F)c(OC)nc3C)n21. The zero-order valence-corrected chi connectivity index (χ0v) is 19.1. The summed E-state index contributed by atoms with van der Waals surface area (Å²) in [5.74, 6) is 1.48. The van der Waals surface area contributed by atoms with E-state index in [1.807, 2.05) is 24.5 Å². The zero-order chi connectivity index (χ0) is 24.3. The molecule has 1 aliphatic rings. The van der Waals surface area contributed by atoms with Crippen molar-refractivity contribution in [3.05, 3.63) is 75.4 Å². The van der Waals surface area contributed by atoms with Crippen molar-refractivity contribution in [3.8, 4) is 18.2 Å². The largest absolute Gasteiger partial charge is 0.479 e. The number of anilines is 2. The molecule has 0 fully saturated rings. The molecule has 2 aromatic rings. The summed E-state index contributed by atoms with van der Waals surface area (Å²) >= 11 is 0. The molecule has 1 N–H and O–H groups in total. The van der Waals surface area contributed by atoms with Crippen LogP contribution in [-0.4, -0.2) is 21.6 Å². The molecular formula is C25H26F2N4O2. The highest BCUT2D eigenvalue weighted by Crippen LogP contribution is 2.38. The van der Waals surface area contributed by atoms with E-state index in [1.54, 1.807) is 6.92 Å². The minimum absolute atomic E-state index is 0.125. The number of aryl methyl sites for hydroxylation is 2. The van der Waals surface area contributed by atoms with Crippen LogP contribution in [-0.2, 0) is 6.42 Å². The average Bonchev–Trinajstić information content (AvgIpc) is 3.16. The fourth-order valence-electron chi connectivity index (χ4n) is 3.93. The predicted octanol–water partition coefficient (Wildman–Crippen LogP) is 4.95. The van der Waals surface area contributed by atoms with E-state index in [2.05, 4.69) is 27.8 Å². The van der Waals surface area contributed by atoms with Crippen molar-refractivity contribution in [2.24, 2.45) is 5.92 Å². The summed E-state index contributed by atoms with van der Waals surface area (Å²) in [7, 11) is 1.33. The molecule has 0 saturated carbocycles. The maximum absolute atomic E-state index is 14.3. The number of terminal acetylenes is 1. The van der Waals surface area contributed by atoms with Crippen LogP contribution in [0.25, 0.3) is 0 Å². The summed E-state index contributed by atoms with van der Waals surface area (Å²) in [4.78, 5) is 20.5. The lowest BCUT2D eigenvalue weighted by molar-refractivity contribution is 0.368. The normalized spacial score (nSPS) is 15.9. The van der Waals surface area contributed by atoms with Gasteiger partial charge in [0, 0.05) is 23.4 Å². The van der Waals surface area contributed by atoms with Gasteiger partial charge in [0.15, 0.2) is 5.82 Å². The Morgan fingerprint density at radius 1 is 1.42 bits per heavy atom. The Kier molecular flexibility index (Phi) is 7.12. The van der Waals surface area contributed by atoms with Crippen LogP contribution in [0.5, 0.6) is 5.88 Å². The lowest BCUT2D eigenvalue weighted by Crippen LogP contribution is -2.20. The number of nitrogens with one attached hydrogen (secondary N) is 1. The monoisotopic (exact) mass is 452 g/mol. The van der Waals surface area contributed by atoms with E-state index in [1.165, 1.54) is 25.3 Å². The molecule has 1 atom stereocenters. The number of hydrogen-bond acceptors (Lipinski definition) is 5. The second-order valence-corrected chi connectivity index (χ2v) is 8.09. The van der Waals surface area contributed by atoms with Crippen molar-refractivity contribution < 1.29 is 13.5 Å². The Hall–Kier alpha value is -3.73. The van der Waals surface area contributed by atoms with Gasteiger partial charge in [0.1, 0.15) is 5.83 Å². The Morgan fingerprint density at radius 2 is 2.15 bits per heavy atom. The van der Waals surface area contributed by atoms with Gasteiger partial charge >= 0.3 is 0 Å². The van der Waals surface area contributed by atoms with Gasteiger partial charge in [-0.05, 0) is 37.3 Å². The maximum Gasteiger partial charge on any atom is 0.274 e. The number of nitrogens with zero attached hydrogens (tertiary/aromatic N) is 3. The minimum Gasteiger partial charge on any atom is -0.479 e. The fraction of sp³-hybridized carbons (Fsp3) is 0.320. The molecule has 0 saturated heterocycles. The van der Waals surface area contributed by atoms with Crippen LogP contribution >= 0.6 is 0 Å². The number of halogens is 2. The summed E-state index contributed by atoms with van der Waals surface area (Å²) in [5, 5.41) is 3.05. The quantitative estimate of drug-likeness (QED) is 0.476. The Balaban J connectivity index is 2.16. The van der Waals surface area contributed by atoms with Gasteiger partial charge in [-0.3, -0.25) is 4.79 Å². The standard InChI is InChI=1S/C25H26F2N4O2/c1-7-17(11-15(4)26)19(10-14(2)3)22-9-8-18-12-23(32)30-25(31(18)22)29-21-13-20(27)24(33-6)28-16(21)5/h1,10-14,22H,4,8-9H2,2-3,5-6H3,(H,29,30,32)/b17-11-,19-10+. The lowest BCUT2D eigenvalue weighted by atomic mass is 9.93. The van der Waals surface area contributed by atoms with Gasteiger partial charge in [-0.25, -0.2) is 13.8 Å². The minimum atomic E-state index is -0.651. The summed E-state index contributed by atoms with van der Waals surface area (Å²) in [5.41, 5.74) is 2.22. The number of pyridine rings is 1. The van der Waals surface area contributed by atoms with Crippen LogP contribution in [0.1, 0.15) is 37.7 Å². The zero-order valence-electron chi connectivity index (χ0n) is 19.1. The van der Waals surface area contributed by atoms with E-state index in [9.17, 15) is 13.6 Å². The predicted molar refractivity (Wildman–Crippen MR) is 125 cm³/mol. The molecule has 3 heterocycles. The molecule has 2 aromatic heterocycles. The van der Waals surface area contributed by atoms with Crippen LogP contribution in [0, 0.1) is 31.0 Å². The van der Waals surface area contributed by atoms with Gasteiger partial charge in [-0.1, -0.05) is 32.4 Å².